The van der Waals surface area contributed by atoms with E-state index in [9.17, 15) is 13.2 Å². The molecule has 1 rings (SSSR count). The van der Waals surface area contributed by atoms with Gasteiger partial charge in [-0.3, -0.25) is 0 Å². The lowest BCUT2D eigenvalue weighted by atomic mass is 10.3. The first kappa shape index (κ1) is 14.6. The van der Waals surface area contributed by atoms with Gasteiger partial charge in [-0.15, -0.1) is 0 Å². The Hall–Kier alpha value is -0.430. The Bertz CT molecular complexity index is 382. The van der Waals surface area contributed by atoms with Gasteiger partial charge in [0, 0.05) is 0 Å². The molecule has 0 aliphatic heterocycles. The number of hydrogen-bond acceptors (Lipinski definition) is 2. The van der Waals surface area contributed by atoms with Crippen LogP contribution in [0.15, 0.2) is 22.7 Å². The van der Waals surface area contributed by atoms with Crippen molar-refractivity contribution in [2.45, 2.75) is 11.0 Å². The van der Waals surface area contributed by atoms with Crippen molar-refractivity contribution in [1.29, 1.82) is 0 Å². The highest BCUT2D eigenvalue weighted by Gasteiger charge is 2.38. The van der Waals surface area contributed by atoms with Crippen molar-refractivity contribution >= 4 is 31.9 Å². The molecule has 0 heterocycles. The Kier molecular flexibility index (Phi) is 5.12. The van der Waals surface area contributed by atoms with Crippen LogP contribution in [0.1, 0.15) is 0 Å². The summed E-state index contributed by atoms with van der Waals surface area (Å²) in [6, 6.07) is 4.77. The van der Waals surface area contributed by atoms with E-state index in [-0.39, 0.29) is 0 Å². The Morgan fingerprint density at radius 1 is 1.35 bits per heavy atom. The van der Waals surface area contributed by atoms with E-state index in [1.165, 1.54) is 7.11 Å². The molecule has 0 amide bonds. The fourth-order valence-electron chi connectivity index (χ4n) is 0.983. The van der Waals surface area contributed by atoms with Crippen LogP contribution in [0.4, 0.5) is 13.2 Å². The Balaban J connectivity index is 2.64. The maximum Gasteiger partial charge on any atom is 0.404 e. The van der Waals surface area contributed by atoms with E-state index in [1.54, 1.807) is 18.2 Å². The molecule has 7 heteroatoms. The van der Waals surface area contributed by atoms with E-state index in [0.29, 0.717) is 16.0 Å². The second kappa shape index (κ2) is 5.95. The van der Waals surface area contributed by atoms with Crippen LogP contribution in [0.2, 0.25) is 0 Å². The highest BCUT2D eigenvalue weighted by molar-refractivity contribution is 9.10. The molecule has 1 unspecified atom stereocenters. The summed E-state index contributed by atoms with van der Waals surface area (Å²) in [4.78, 5) is -1.69. The zero-order chi connectivity index (χ0) is 13.1. The monoisotopic (exact) mass is 376 g/mol. The number of benzene rings is 1. The number of methoxy groups -OCH3 is 1. The van der Waals surface area contributed by atoms with Crippen LogP contribution in [0, 0.1) is 0 Å². The van der Waals surface area contributed by atoms with Gasteiger partial charge in [-0.2, -0.15) is 13.2 Å². The minimum absolute atomic E-state index is 0.333. The SMILES string of the molecule is COc1ccc(OCC(Br)C(F)(F)F)c(Br)c1. The molecule has 1 aromatic rings. The molecule has 0 N–H and O–H groups in total. The zero-order valence-corrected chi connectivity index (χ0v) is 11.9. The molecular weight excluding hydrogens is 369 g/mol. The lowest BCUT2D eigenvalue weighted by Crippen LogP contribution is -2.28. The Labute approximate surface area is 113 Å². The van der Waals surface area contributed by atoms with Gasteiger partial charge in [-0.25, -0.2) is 0 Å². The minimum atomic E-state index is -4.32. The lowest BCUT2D eigenvalue weighted by molar-refractivity contribution is -0.132. The van der Waals surface area contributed by atoms with Gasteiger partial charge in [-0.05, 0) is 34.1 Å². The summed E-state index contributed by atoms with van der Waals surface area (Å²) in [6.45, 7) is -0.492. The normalized spacial score (nSPS) is 13.3. The number of halogens is 5. The van der Waals surface area contributed by atoms with Crippen molar-refractivity contribution < 1.29 is 22.6 Å². The van der Waals surface area contributed by atoms with Crippen LogP contribution in [0.5, 0.6) is 11.5 Å². The van der Waals surface area contributed by atoms with Crippen molar-refractivity contribution in [3.05, 3.63) is 22.7 Å². The molecular formula is C10H9Br2F3O2. The minimum Gasteiger partial charge on any atom is -0.497 e. The third-order valence-electron chi connectivity index (χ3n) is 1.88. The van der Waals surface area contributed by atoms with Crippen molar-refractivity contribution in [2.24, 2.45) is 0 Å². The van der Waals surface area contributed by atoms with Gasteiger partial charge in [0.05, 0.1) is 11.6 Å². The van der Waals surface area contributed by atoms with Crippen LogP contribution in [-0.2, 0) is 0 Å². The van der Waals surface area contributed by atoms with E-state index >= 15 is 0 Å². The molecule has 0 aromatic heterocycles. The van der Waals surface area contributed by atoms with Crippen LogP contribution in [0.3, 0.4) is 0 Å². The molecule has 0 saturated heterocycles. The summed E-state index contributed by atoms with van der Waals surface area (Å²) in [5.41, 5.74) is 0. The summed E-state index contributed by atoms with van der Waals surface area (Å²) in [5, 5.41) is 0. The van der Waals surface area contributed by atoms with Gasteiger partial charge in [-0.1, -0.05) is 15.9 Å². The number of ether oxygens (including phenoxy) is 2. The summed E-state index contributed by atoms with van der Waals surface area (Å²) < 4.78 is 47.2. The second-order valence-electron chi connectivity index (χ2n) is 3.12. The van der Waals surface area contributed by atoms with Crippen LogP contribution in [-0.4, -0.2) is 24.7 Å². The average molecular weight is 378 g/mol. The van der Waals surface area contributed by atoms with Crippen LogP contribution in [0.25, 0.3) is 0 Å². The lowest BCUT2D eigenvalue weighted by Gasteiger charge is -2.15. The predicted molar refractivity (Wildman–Crippen MR) is 65.0 cm³/mol. The number of hydrogen-bond donors (Lipinski definition) is 0. The summed E-state index contributed by atoms with van der Waals surface area (Å²) in [5.74, 6) is 0.926. The van der Waals surface area contributed by atoms with Gasteiger partial charge < -0.3 is 9.47 Å². The molecule has 0 spiro atoms. The predicted octanol–water partition coefficient (Wildman–Crippen LogP) is 4.16. The Morgan fingerprint density at radius 2 is 2.00 bits per heavy atom. The average Bonchev–Trinajstić information content (AvgIpc) is 2.25. The number of alkyl halides is 4. The van der Waals surface area contributed by atoms with E-state index in [2.05, 4.69) is 31.9 Å². The smallest absolute Gasteiger partial charge is 0.404 e. The fourth-order valence-corrected chi connectivity index (χ4v) is 1.59. The summed E-state index contributed by atoms with van der Waals surface area (Å²) >= 11 is 5.71. The van der Waals surface area contributed by atoms with Gasteiger partial charge in [0.1, 0.15) is 22.9 Å². The second-order valence-corrected chi connectivity index (χ2v) is 5.08. The molecule has 96 valence electrons. The van der Waals surface area contributed by atoms with Gasteiger partial charge >= 0.3 is 6.18 Å². The van der Waals surface area contributed by atoms with Crippen molar-refractivity contribution in [3.63, 3.8) is 0 Å². The molecule has 0 aliphatic carbocycles. The molecule has 0 saturated carbocycles. The molecule has 0 fully saturated rings. The van der Waals surface area contributed by atoms with Crippen LogP contribution >= 0.6 is 31.9 Å². The number of rotatable bonds is 4. The van der Waals surface area contributed by atoms with E-state index in [4.69, 9.17) is 9.47 Å². The maximum atomic E-state index is 12.2. The highest BCUT2D eigenvalue weighted by Crippen LogP contribution is 2.31. The van der Waals surface area contributed by atoms with Crippen molar-refractivity contribution in [1.82, 2.24) is 0 Å². The maximum absolute atomic E-state index is 12.2. The third kappa shape index (κ3) is 4.39. The summed E-state index contributed by atoms with van der Waals surface area (Å²) in [7, 11) is 1.50. The first-order valence-electron chi connectivity index (χ1n) is 4.51. The first-order valence-corrected chi connectivity index (χ1v) is 6.22. The third-order valence-corrected chi connectivity index (χ3v) is 3.28. The van der Waals surface area contributed by atoms with Crippen LogP contribution < -0.4 is 9.47 Å². The first-order chi connectivity index (χ1) is 7.84. The van der Waals surface area contributed by atoms with E-state index in [1.807, 2.05) is 0 Å². The molecule has 1 atom stereocenters. The highest BCUT2D eigenvalue weighted by atomic mass is 79.9. The molecule has 0 bridgehead atoms. The van der Waals surface area contributed by atoms with Gasteiger partial charge in [0.25, 0.3) is 0 Å². The quantitative estimate of drug-likeness (QED) is 0.733. The van der Waals surface area contributed by atoms with Crippen molar-refractivity contribution in [3.8, 4) is 11.5 Å². The van der Waals surface area contributed by atoms with Gasteiger partial charge in [0.2, 0.25) is 0 Å². The van der Waals surface area contributed by atoms with E-state index < -0.39 is 17.6 Å². The standard InChI is InChI=1S/C10H9Br2F3O2/c1-16-6-2-3-8(7(11)4-6)17-5-9(12)10(13,14)15/h2-4,9H,5H2,1H3. The molecule has 2 nitrogen and oxygen atoms in total. The molecule has 0 radical (unpaired) electrons. The molecule has 1 aromatic carbocycles. The topological polar surface area (TPSA) is 18.5 Å². The van der Waals surface area contributed by atoms with E-state index in [0.717, 1.165) is 0 Å². The molecule has 0 aliphatic rings. The fraction of sp³-hybridized carbons (Fsp3) is 0.400. The largest absolute Gasteiger partial charge is 0.497 e. The summed E-state index contributed by atoms with van der Waals surface area (Å²) in [6.07, 6.45) is -4.32. The van der Waals surface area contributed by atoms with Gasteiger partial charge in [0.15, 0.2) is 0 Å². The molecule has 17 heavy (non-hydrogen) atoms. The van der Waals surface area contributed by atoms with Crippen molar-refractivity contribution in [2.75, 3.05) is 13.7 Å². The Morgan fingerprint density at radius 3 is 2.47 bits per heavy atom. The zero-order valence-electron chi connectivity index (χ0n) is 8.72.